The Morgan fingerprint density at radius 2 is 2.29 bits per heavy atom. The van der Waals surface area contributed by atoms with Crippen molar-refractivity contribution in [2.45, 2.75) is 25.4 Å². The van der Waals surface area contributed by atoms with Crippen LogP contribution in [0, 0.1) is 11.8 Å². The second-order valence-corrected chi connectivity index (χ2v) is 1.75. The van der Waals surface area contributed by atoms with Gasteiger partial charge in [0.25, 0.3) is 0 Å². The van der Waals surface area contributed by atoms with E-state index in [0.29, 0.717) is 6.42 Å². The van der Waals surface area contributed by atoms with Gasteiger partial charge >= 0.3 is 0 Å². The summed E-state index contributed by atoms with van der Waals surface area (Å²) in [5.74, 6) is 5.74. The van der Waals surface area contributed by atoms with Crippen LogP contribution in [0.1, 0.15) is 19.3 Å². The normalized spacial score (nSPS) is 28.4. The molecule has 7 heavy (non-hydrogen) atoms. The van der Waals surface area contributed by atoms with E-state index in [4.69, 9.17) is 5.11 Å². The van der Waals surface area contributed by atoms with Gasteiger partial charge in [-0.25, -0.2) is 0 Å². The van der Waals surface area contributed by atoms with Crippen LogP contribution in [0.5, 0.6) is 0 Å². The summed E-state index contributed by atoms with van der Waals surface area (Å²) >= 11 is 0. The zero-order valence-corrected chi connectivity index (χ0v) is 4.15. The summed E-state index contributed by atoms with van der Waals surface area (Å²) in [7, 11) is 0. The molecule has 1 nitrogen and oxygen atoms in total. The van der Waals surface area contributed by atoms with Gasteiger partial charge in [-0.15, -0.1) is 11.8 Å². The maximum Gasteiger partial charge on any atom is 0.0658 e. The topological polar surface area (TPSA) is 20.2 Å². The van der Waals surface area contributed by atoms with Crippen molar-refractivity contribution in [3.8, 4) is 11.8 Å². The Bertz CT molecular complexity index is 107. The molecule has 0 aromatic heterocycles. The quantitative estimate of drug-likeness (QED) is 0.436. The predicted molar refractivity (Wildman–Crippen MR) is 27.6 cm³/mol. The molecule has 0 aromatic rings. The first-order valence-electron chi connectivity index (χ1n) is 2.53. The van der Waals surface area contributed by atoms with E-state index in [0.717, 1.165) is 12.8 Å². The van der Waals surface area contributed by atoms with E-state index in [9.17, 15) is 0 Å². The van der Waals surface area contributed by atoms with Crippen molar-refractivity contribution in [2.24, 2.45) is 0 Å². The third-order valence-electron chi connectivity index (χ3n) is 1.07. The lowest BCUT2D eigenvalue weighted by molar-refractivity contribution is 0.169. The first-order chi connectivity index (χ1) is 3.39. The molecular formula is C6H8O. The summed E-state index contributed by atoms with van der Waals surface area (Å²) in [5.41, 5.74) is 0. The second-order valence-electron chi connectivity index (χ2n) is 1.75. The van der Waals surface area contributed by atoms with Crippen LogP contribution in [0.15, 0.2) is 0 Å². The Morgan fingerprint density at radius 3 is 2.57 bits per heavy atom. The molecule has 1 atom stereocenters. The van der Waals surface area contributed by atoms with Gasteiger partial charge in [-0.2, -0.15) is 0 Å². The van der Waals surface area contributed by atoms with E-state index in [1.54, 1.807) is 0 Å². The molecule has 1 aliphatic rings. The van der Waals surface area contributed by atoms with E-state index in [1.807, 2.05) is 0 Å². The molecular weight excluding hydrogens is 88.1 g/mol. The van der Waals surface area contributed by atoms with Crippen molar-refractivity contribution in [1.82, 2.24) is 0 Å². The smallest absolute Gasteiger partial charge is 0.0658 e. The van der Waals surface area contributed by atoms with E-state index in [2.05, 4.69) is 11.8 Å². The first kappa shape index (κ1) is 4.67. The van der Waals surface area contributed by atoms with Gasteiger partial charge in [0.2, 0.25) is 0 Å². The minimum absolute atomic E-state index is 0.138. The average Bonchev–Trinajstić information content (AvgIpc) is 1.69. The third kappa shape index (κ3) is 1.21. The van der Waals surface area contributed by atoms with Gasteiger partial charge in [0, 0.05) is 12.8 Å². The SMILES string of the molecule is OC1CC#CCC1. The van der Waals surface area contributed by atoms with Crippen molar-refractivity contribution in [3.05, 3.63) is 0 Å². The fourth-order valence-corrected chi connectivity index (χ4v) is 0.619. The summed E-state index contributed by atoms with van der Waals surface area (Å²) in [6, 6.07) is 0. The molecule has 0 bridgehead atoms. The molecule has 1 rings (SSSR count). The number of aliphatic hydroxyl groups is 1. The molecule has 38 valence electrons. The van der Waals surface area contributed by atoms with Gasteiger partial charge in [0.15, 0.2) is 0 Å². The maximum absolute atomic E-state index is 8.81. The van der Waals surface area contributed by atoms with E-state index < -0.39 is 0 Å². The minimum atomic E-state index is -0.138. The highest BCUT2D eigenvalue weighted by molar-refractivity contribution is 5.04. The Morgan fingerprint density at radius 1 is 1.43 bits per heavy atom. The molecule has 0 radical (unpaired) electrons. The molecule has 0 heterocycles. The van der Waals surface area contributed by atoms with Crippen LogP contribution >= 0.6 is 0 Å². The zero-order valence-electron chi connectivity index (χ0n) is 4.15. The minimum Gasteiger partial charge on any atom is -0.392 e. The van der Waals surface area contributed by atoms with Crippen molar-refractivity contribution in [1.29, 1.82) is 0 Å². The highest BCUT2D eigenvalue weighted by Crippen LogP contribution is 2.03. The van der Waals surface area contributed by atoms with Crippen LogP contribution in [-0.4, -0.2) is 11.2 Å². The van der Waals surface area contributed by atoms with Crippen LogP contribution < -0.4 is 0 Å². The molecule has 0 saturated heterocycles. The third-order valence-corrected chi connectivity index (χ3v) is 1.07. The standard InChI is InChI=1S/C6H8O/c7-6-4-2-1-3-5-6/h6-7H,2,4-5H2. The Labute approximate surface area is 43.4 Å². The van der Waals surface area contributed by atoms with Gasteiger partial charge in [-0.3, -0.25) is 0 Å². The molecule has 0 aliphatic heterocycles. The molecule has 1 unspecified atom stereocenters. The predicted octanol–water partition coefficient (Wildman–Crippen LogP) is 0.535. The highest BCUT2D eigenvalue weighted by Gasteiger charge is 2.01. The summed E-state index contributed by atoms with van der Waals surface area (Å²) in [5, 5.41) is 8.81. The van der Waals surface area contributed by atoms with E-state index in [1.165, 1.54) is 0 Å². The number of rotatable bonds is 0. The molecule has 1 aliphatic carbocycles. The monoisotopic (exact) mass is 96.1 g/mol. The van der Waals surface area contributed by atoms with Crippen molar-refractivity contribution >= 4 is 0 Å². The summed E-state index contributed by atoms with van der Waals surface area (Å²) in [6.07, 6.45) is 2.29. The Hall–Kier alpha value is -0.480. The van der Waals surface area contributed by atoms with Crippen LogP contribution in [0.2, 0.25) is 0 Å². The molecule has 0 aromatic carbocycles. The molecule has 0 amide bonds. The second kappa shape index (κ2) is 1.99. The summed E-state index contributed by atoms with van der Waals surface area (Å²) in [4.78, 5) is 0. The Balaban J connectivity index is 2.39. The summed E-state index contributed by atoms with van der Waals surface area (Å²) in [6.45, 7) is 0. The first-order valence-corrected chi connectivity index (χ1v) is 2.53. The van der Waals surface area contributed by atoms with Gasteiger partial charge in [0.05, 0.1) is 6.10 Å². The number of hydrogen-bond acceptors (Lipinski definition) is 1. The van der Waals surface area contributed by atoms with Gasteiger partial charge in [-0.05, 0) is 6.42 Å². The lowest BCUT2D eigenvalue weighted by atomic mass is 10.1. The molecule has 0 spiro atoms. The molecule has 1 N–H and O–H groups in total. The molecule has 1 heteroatoms. The Kier molecular flexibility index (Phi) is 1.33. The molecule has 0 saturated carbocycles. The average molecular weight is 96.1 g/mol. The van der Waals surface area contributed by atoms with E-state index in [-0.39, 0.29) is 6.10 Å². The van der Waals surface area contributed by atoms with Crippen LogP contribution in [0.4, 0.5) is 0 Å². The van der Waals surface area contributed by atoms with Crippen molar-refractivity contribution in [3.63, 3.8) is 0 Å². The van der Waals surface area contributed by atoms with Crippen LogP contribution in [0.25, 0.3) is 0 Å². The lowest BCUT2D eigenvalue weighted by Crippen LogP contribution is -2.06. The van der Waals surface area contributed by atoms with Crippen LogP contribution in [-0.2, 0) is 0 Å². The van der Waals surface area contributed by atoms with Gasteiger partial charge in [-0.1, -0.05) is 0 Å². The van der Waals surface area contributed by atoms with E-state index >= 15 is 0 Å². The maximum atomic E-state index is 8.81. The fraction of sp³-hybridized carbons (Fsp3) is 0.667. The largest absolute Gasteiger partial charge is 0.392 e. The lowest BCUT2D eigenvalue weighted by Gasteiger charge is -2.05. The van der Waals surface area contributed by atoms with Crippen LogP contribution in [0.3, 0.4) is 0 Å². The number of hydrogen-bond donors (Lipinski definition) is 1. The summed E-state index contributed by atoms with van der Waals surface area (Å²) < 4.78 is 0. The fourth-order valence-electron chi connectivity index (χ4n) is 0.619. The zero-order chi connectivity index (χ0) is 5.11. The van der Waals surface area contributed by atoms with Gasteiger partial charge < -0.3 is 5.11 Å². The number of aliphatic hydroxyl groups excluding tert-OH is 1. The van der Waals surface area contributed by atoms with Crippen molar-refractivity contribution < 1.29 is 5.11 Å². The highest BCUT2D eigenvalue weighted by atomic mass is 16.3. The van der Waals surface area contributed by atoms with Gasteiger partial charge in [0.1, 0.15) is 0 Å². The van der Waals surface area contributed by atoms with Crippen molar-refractivity contribution in [2.75, 3.05) is 0 Å². The molecule has 0 fully saturated rings.